The molecule has 3 amide bonds. The molecule has 0 saturated carbocycles. The van der Waals surface area contributed by atoms with Gasteiger partial charge in [-0.15, -0.1) is 0 Å². The van der Waals surface area contributed by atoms with Gasteiger partial charge in [-0.2, -0.15) is 0 Å². The summed E-state index contributed by atoms with van der Waals surface area (Å²) >= 11 is 0. The molecule has 0 unspecified atom stereocenters. The summed E-state index contributed by atoms with van der Waals surface area (Å²) in [6.45, 7) is 15.1. The number of carbonyl (C=O) groups is 4. The van der Waals surface area contributed by atoms with E-state index in [9.17, 15) is 19.2 Å². The number of nitrogens with zero attached hydrogens (tertiary/aromatic N) is 7. The third-order valence-electron chi connectivity index (χ3n) is 9.56. The van der Waals surface area contributed by atoms with Crippen molar-refractivity contribution in [3.05, 3.63) is 72.1 Å². The summed E-state index contributed by atoms with van der Waals surface area (Å²) < 4.78 is 10.7. The maximum Gasteiger partial charge on any atom is 0.411 e. The highest BCUT2D eigenvalue weighted by molar-refractivity contribution is 6.03. The van der Waals surface area contributed by atoms with E-state index < -0.39 is 17.6 Å². The molecule has 0 radical (unpaired) electrons. The standard InChI is InChI=1S/C40H54N8O6/c1-6-29-9-8-10-31(21-29)32-22-34(44-35(49)26-48(39(52)54-40(3,4)5)25-33-11-14-41-28-43-33)37(42-23-32)38(51)47-15-12-30(13-16-47)24-45-17-19-46(20-18-45)27-36(50)53-7-2/h8-11,14,21-23,28,30H,6-7,12-13,15-20,24-27H2,1-5H3,(H,44,49). The van der Waals surface area contributed by atoms with E-state index in [0.717, 1.165) is 68.7 Å². The molecule has 4 heterocycles. The predicted octanol–water partition coefficient (Wildman–Crippen LogP) is 4.51. The maximum absolute atomic E-state index is 14.1. The van der Waals surface area contributed by atoms with Crippen molar-refractivity contribution >= 4 is 29.6 Å². The van der Waals surface area contributed by atoms with Crippen LogP contribution in [0.2, 0.25) is 0 Å². The van der Waals surface area contributed by atoms with Crippen LogP contribution in [-0.2, 0) is 32.0 Å². The van der Waals surface area contributed by atoms with E-state index >= 15 is 0 Å². The molecule has 0 spiro atoms. The van der Waals surface area contributed by atoms with Crippen LogP contribution < -0.4 is 5.32 Å². The van der Waals surface area contributed by atoms with Crippen molar-refractivity contribution in [3.8, 4) is 11.1 Å². The van der Waals surface area contributed by atoms with Crippen molar-refractivity contribution in [1.29, 1.82) is 0 Å². The van der Waals surface area contributed by atoms with Gasteiger partial charge in [0.05, 0.1) is 31.1 Å². The molecule has 2 fully saturated rings. The van der Waals surface area contributed by atoms with Gasteiger partial charge in [-0.05, 0) is 76.1 Å². The van der Waals surface area contributed by atoms with Crippen molar-refractivity contribution in [1.82, 2.24) is 34.6 Å². The van der Waals surface area contributed by atoms with Crippen molar-refractivity contribution in [3.63, 3.8) is 0 Å². The Morgan fingerprint density at radius 1 is 0.926 bits per heavy atom. The molecule has 2 aliphatic heterocycles. The molecule has 0 aliphatic carbocycles. The zero-order valence-electron chi connectivity index (χ0n) is 32.3. The number of hydrogen-bond donors (Lipinski definition) is 1. The molecule has 2 saturated heterocycles. The zero-order chi connectivity index (χ0) is 38.7. The number of ether oxygens (including phenoxy) is 2. The number of carbonyl (C=O) groups excluding carboxylic acids is 4. The molecule has 2 aromatic heterocycles. The fraction of sp³-hybridized carbons (Fsp3) is 0.525. The number of piperidine rings is 1. The van der Waals surface area contributed by atoms with Gasteiger partial charge in [0.1, 0.15) is 18.5 Å². The van der Waals surface area contributed by atoms with E-state index in [1.165, 1.54) is 11.2 Å². The predicted molar refractivity (Wildman–Crippen MR) is 204 cm³/mol. The number of pyridine rings is 1. The molecule has 0 bridgehead atoms. The first-order valence-corrected chi connectivity index (χ1v) is 18.9. The Balaban J connectivity index is 1.28. The van der Waals surface area contributed by atoms with E-state index in [-0.39, 0.29) is 36.3 Å². The van der Waals surface area contributed by atoms with Gasteiger partial charge >= 0.3 is 12.1 Å². The smallest absolute Gasteiger partial charge is 0.411 e. The second kappa shape index (κ2) is 18.9. The lowest BCUT2D eigenvalue weighted by atomic mass is 9.95. The molecule has 1 N–H and O–H groups in total. The van der Waals surface area contributed by atoms with Crippen molar-refractivity contribution in [2.75, 3.05) is 70.8 Å². The number of aryl methyl sites for hydroxylation is 1. The Morgan fingerprint density at radius 3 is 2.33 bits per heavy atom. The summed E-state index contributed by atoms with van der Waals surface area (Å²) in [5.41, 5.74) is 3.00. The normalized spacial score (nSPS) is 15.8. The van der Waals surface area contributed by atoms with Crippen LogP contribution in [0.5, 0.6) is 0 Å². The largest absolute Gasteiger partial charge is 0.465 e. The van der Waals surface area contributed by atoms with Gasteiger partial charge in [0.25, 0.3) is 5.91 Å². The lowest BCUT2D eigenvalue weighted by molar-refractivity contribution is -0.144. The van der Waals surface area contributed by atoms with E-state index in [2.05, 4.69) is 49.1 Å². The SMILES string of the molecule is CCOC(=O)CN1CCN(CC2CCN(C(=O)c3ncc(-c4cccc(CC)c4)cc3NC(=O)CN(Cc3ccncn3)C(=O)OC(C)(C)C)CC2)CC1. The minimum atomic E-state index is -0.782. The lowest BCUT2D eigenvalue weighted by Crippen LogP contribution is -2.50. The number of esters is 1. The molecule has 1 aromatic carbocycles. The first-order valence-electron chi connectivity index (χ1n) is 18.9. The fourth-order valence-electron chi connectivity index (χ4n) is 6.69. The second-order valence-corrected chi connectivity index (χ2v) is 14.9. The van der Waals surface area contributed by atoms with Crippen LogP contribution in [-0.4, -0.2) is 130 Å². The molecular formula is C40H54N8O6. The first-order chi connectivity index (χ1) is 25.9. The number of piperazine rings is 1. The lowest BCUT2D eigenvalue weighted by Gasteiger charge is -2.38. The van der Waals surface area contributed by atoms with E-state index in [0.29, 0.717) is 37.9 Å². The van der Waals surface area contributed by atoms with Crippen LogP contribution in [0.4, 0.5) is 10.5 Å². The number of aromatic nitrogens is 3. The van der Waals surface area contributed by atoms with Gasteiger partial charge < -0.3 is 24.6 Å². The van der Waals surface area contributed by atoms with Crippen LogP contribution in [0.15, 0.2) is 55.1 Å². The van der Waals surface area contributed by atoms with Crippen LogP contribution in [0.1, 0.15) is 69.2 Å². The van der Waals surface area contributed by atoms with E-state index in [1.54, 1.807) is 45.3 Å². The number of nitrogens with one attached hydrogen (secondary N) is 1. The molecule has 54 heavy (non-hydrogen) atoms. The fourth-order valence-corrected chi connectivity index (χ4v) is 6.69. The van der Waals surface area contributed by atoms with Crippen LogP contribution in [0, 0.1) is 5.92 Å². The van der Waals surface area contributed by atoms with E-state index in [4.69, 9.17) is 9.47 Å². The summed E-state index contributed by atoms with van der Waals surface area (Å²) in [6.07, 6.45) is 6.52. The molecule has 2 aliphatic rings. The summed E-state index contributed by atoms with van der Waals surface area (Å²) in [6, 6.07) is 11.5. The van der Waals surface area contributed by atoms with Crippen LogP contribution in [0.25, 0.3) is 11.1 Å². The van der Waals surface area contributed by atoms with Crippen LogP contribution >= 0.6 is 0 Å². The van der Waals surface area contributed by atoms with Gasteiger partial charge in [0.15, 0.2) is 5.69 Å². The molecule has 3 aromatic rings. The van der Waals surface area contributed by atoms with Crippen molar-refractivity contribution in [2.24, 2.45) is 5.92 Å². The summed E-state index contributed by atoms with van der Waals surface area (Å²) in [5, 5.41) is 2.92. The maximum atomic E-state index is 14.1. The second-order valence-electron chi connectivity index (χ2n) is 14.9. The highest BCUT2D eigenvalue weighted by Gasteiger charge is 2.30. The number of anilines is 1. The number of amides is 3. The third kappa shape index (κ3) is 11.8. The quantitative estimate of drug-likeness (QED) is 0.247. The molecule has 0 atom stereocenters. The van der Waals surface area contributed by atoms with Gasteiger partial charge in [-0.3, -0.25) is 24.2 Å². The van der Waals surface area contributed by atoms with Crippen molar-refractivity contribution in [2.45, 2.75) is 66.0 Å². The number of rotatable bonds is 13. The Kier molecular flexibility index (Phi) is 14.1. The average Bonchev–Trinajstić information content (AvgIpc) is 3.15. The number of hydrogen-bond acceptors (Lipinski definition) is 11. The van der Waals surface area contributed by atoms with Gasteiger partial charge in [0.2, 0.25) is 5.91 Å². The zero-order valence-corrected chi connectivity index (χ0v) is 32.3. The van der Waals surface area contributed by atoms with Gasteiger partial charge in [0, 0.05) is 63.8 Å². The Bertz CT molecular complexity index is 1730. The van der Waals surface area contributed by atoms with Crippen molar-refractivity contribution < 1.29 is 28.7 Å². The minimum Gasteiger partial charge on any atom is -0.465 e. The molecule has 14 nitrogen and oxygen atoms in total. The van der Waals surface area contributed by atoms with Crippen LogP contribution in [0.3, 0.4) is 0 Å². The monoisotopic (exact) mass is 742 g/mol. The van der Waals surface area contributed by atoms with Gasteiger partial charge in [-0.25, -0.2) is 19.7 Å². The minimum absolute atomic E-state index is 0.0248. The Labute approximate surface area is 318 Å². The molecule has 5 rings (SSSR count). The summed E-state index contributed by atoms with van der Waals surface area (Å²) in [7, 11) is 0. The topological polar surface area (TPSA) is 150 Å². The summed E-state index contributed by atoms with van der Waals surface area (Å²) in [4.78, 5) is 73.5. The first kappa shape index (κ1) is 40.2. The third-order valence-corrected chi connectivity index (χ3v) is 9.56. The number of benzene rings is 1. The van der Waals surface area contributed by atoms with Gasteiger partial charge in [-0.1, -0.05) is 31.2 Å². The Morgan fingerprint density at radius 2 is 1.67 bits per heavy atom. The highest BCUT2D eigenvalue weighted by Crippen LogP contribution is 2.28. The average molecular weight is 743 g/mol. The molecule has 290 valence electrons. The highest BCUT2D eigenvalue weighted by atomic mass is 16.6. The van der Waals surface area contributed by atoms with E-state index in [1.807, 2.05) is 24.0 Å². The number of likely N-dealkylation sites (tertiary alicyclic amines) is 1. The molecular weight excluding hydrogens is 688 g/mol. The Hall–Kier alpha value is -4.95. The summed E-state index contributed by atoms with van der Waals surface area (Å²) in [5.74, 6) is -0.497. The molecule has 14 heteroatoms.